The van der Waals surface area contributed by atoms with E-state index in [1.165, 1.54) is 0 Å². The summed E-state index contributed by atoms with van der Waals surface area (Å²) in [7, 11) is 0. The zero-order chi connectivity index (χ0) is 12.3. The summed E-state index contributed by atoms with van der Waals surface area (Å²) >= 11 is 0. The minimum absolute atomic E-state index is 0. The standard InChI is InChI=1S/C13H24N2O2.ClH/c1-2-11-9-17-7-6-15(11)13(16)12-5-3-4-10(12)8-14;/h10-12H,2-9,14H2,1H3;1H/t10-,11?,12-;/m1./s1. The van der Waals surface area contributed by atoms with Crippen molar-refractivity contribution in [3.63, 3.8) is 0 Å². The number of hydrogen-bond acceptors (Lipinski definition) is 3. The van der Waals surface area contributed by atoms with Crippen molar-refractivity contribution in [1.82, 2.24) is 4.90 Å². The van der Waals surface area contributed by atoms with Gasteiger partial charge in [-0.25, -0.2) is 0 Å². The van der Waals surface area contributed by atoms with Gasteiger partial charge in [0.05, 0.1) is 19.3 Å². The van der Waals surface area contributed by atoms with Gasteiger partial charge in [-0.3, -0.25) is 4.79 Å². The lowest BCUT2D eigenvalue weighted by Crippen LogP contribution is -2.51. The lowest BCUT2D eigenvalue weighted by molar-refractivity contribution is -0.145. The SMILES string of the molecule is CCC1COCCN1C(=O)[C@@H]1CCC[C@@H]1CN.Cl. The molecule has 0 spiro atoms. The molecule has 106 valence electrons. The number of carbonyl (C=O) groups excluding carboxylic acids is 1. The molecule has 1 unspecified atom stereocenters. The molecule has 0 bridgehead atoms. The third-order valence-corrected chi connectivity index (χ3v) is 4.26. The smallest absolute Gasteiger partial charge is 0.226 e. The summed E-state index contributed by atoms with van der Waals surface area (Å²) in [5, 5.41) is 0. The van der Waals surface area contributed by atoms with Crippen LogP contribution in [0, 0.1) is 11.8 Å². The largest absolute Gasteiger partial charge is 0.377 e. The van der Waals surface area contributed by atoms with Crippen LogP contribution in [0.5, 0.6) is 0 Å². The molecule has 1 heterocycles. The number of halogens is 1. The van der Waals surface area contributed by atoms with E-state index in [1.54, 1.807) is 0 Å². The van der Waals surface area contributed by atoms with Crippen molar-refractivity contribution in [2.24, 2.45) is 17.6 Å². The monoisotopic (exact) mass is 276 g/mol. The van der Waals surface area contributed by atoms with Crippen LogP contribution in [0.1, 0.15) is 32.6 Å². The predicted octanol–water partition coefficient (Wildman–Crippen LogP) is 1.42. The van der Waals surface area contributed by atoms with Crippen LogP contribution in [0.4, 0.5) is 0 Å². The number of amides is 1. The van der Waals surface area contributed by atoms with Gasteiger partial charge in [-0.1, -0.05) is 13.3 Å². The van der Waals surface area contributed by atoms with Gasteiger partial charge in [0.15, 0.2) is 0 Å². The number of ether oxygens (including phenoxy) is 1. The molecule has 18 heavy (non-hydrogen) atoms. The molecule has 2 aliphatic rings. The van der Waals surface area contributed by atoms with Crippen LogP contribution in [0.2, 0.25) is 0 Å². The molecule has 5 heteroatoms. The van der Waals surface area contributed by atoms with E-state index in [9.17, 15) is 4.79 Å². The van der Waals surface area contributed by atoms with E-state index >= 15 is 0 Å². The molecule has 2 rings (SSSR count). The summed E-state index contributed by atoms with van der Waals surface area (Å²) in [5.41, 5.74) is 5.76. The molecule has 2 N–H and O–H groups in total. The lowest BCUT2D eigenvalue weighted by Gasteiger charge is -2.37. The first-order valence-corrected chi connectivity index (χ1v) is 6.86. The molecule has 1 saturated heterocycles. The average molecular weight is 277 g/mol. The fraction of sp³-hybridized carbons (Fsp3) is 0.923. The van der Waals surface area contributed by atoms with Crippen LogP contribution in [-0.2, 0) is 9.53 Å². The van der Waals surface area contributed by atoms with Gasteiger partial charge >= 0.3 is 0 Å². The van der Waals surface area contributed by atoms with E-state index in [2.05, 4.69) is 6.92 Å². The third-order valence-electron chi connectivity index (χ3n) is 4.26. The van der Waals surface area contributed by atoms with Crippen LogP contribution >= 0.6 is 12.4 Å². The molecule has 1 aliphatic heterocycles. The highest BCUT2D eigenvalue weighted by Gasteiger charge is 2.37. The van der Waals surface area contributed by atoms with E-state index in [4.69, 9.17) is 10.5 Å². The minimum atomic E-state index is 0. The first-order valence-electron chi connectivity index (χ1n) is 6.86. The predicted molar refractivity (Wildman–Crippen MR) is 73.7 cm³/mol. The fourth-order valence-electron chi connectivity index (χ4n) is 3.14. The molecular formula is C13H25ClN2O2. The second-order valence-electron chi connectivity index (χ2n) is 5.20. The molecule has 4 nitrogen and oxygen atoms in total. The number of hydrogen-bond donors (Lipinski definition) is 1. The molecule has 0 aromatic rings. The van der Waals surface area contributed by atoms with Crippen LogP contribution in [0.25, 0.3) is 0 Å². The summed E-state index contributed by atoms with van der Waals surface area (Å²) < 4.78 is 5.45. The fourth-order valence-corrected chi connectivity index (χ4v) is 3.14. The molecule has 0 aromatic heterocycles. The van der Waals surface area contributed by atoms with Crippen molar-refractivity contribution in [3.05, 3.63) is 0 Å². The van der Waals surface area contributed by atoms with Crippen molar-refractivity contribution in [1.29, 1.82) is 0 Å². The van der Waals surface area contributed by atoms with E-state index in [0.717, 1.165) is 32.2 Å². The zero-order valence-electron chi connectivity index (χ0n) is 11.1. The van der Waals surface area contributed by atoms with Crippen LogP contribution in [-0.4, -0.2) is 43.2 Å². The highest BCUT2D eigenvalue weighted by Crippen LogP contribution is 2.33. The van der Waals surface area contributed by atoms with Gasteiger partial charge < -0.3 is 15.4 Å². The maximum atomic E-state index is 12.6. The topological polar surface area (TPSA) is 55.6 Å². The van der Waals surface area contributed by atoms with Crippen molar-refractivity contribution in [2.45, 2.75) is 38.6 Å². The van der Waals surface area contributed by atoms with Gasteiger partial charge in [-0.05, 0) is 31.7 Å². The molecule has 1 aliphatic carbocycles. The summed E-state index contributed by atoms with van der Waals surface area (Å²) in [4.78, 5) is 14.6. The molecule has 0 radical (unpaired) electrons. The molecule has 0 aromatic carbocycles. The van der Waals surface area contributed by atoms with Crippen LogP contribution in [0.3, 0.4) is 0 Å². The maximum Gasteiger partial charge on any atom is 0.226 e. The second-order valence-corrected chi connectivity index (χ2v) is 5.20. The van der Waals surface area contributed by atoms with Gasteiger partial charge in [0.1, 0.15) is 0 Å². The quantitative estimate of drug-likeness (QED) is 0.848. The summed E-state index contributed by atoms with van der Waals surface area (Å²) in [6.45, 7) is 4.90. The molecule has 1 saturated carbocycles. The summed E-state index contributed by atoms with van der Waals surface area (Å²) in [6.07, 6.45) is 4.27. The van der Waals surface area contributed by atoms with Crippen molar-refractivity contribution >= 4 is 18.3 Å². The van der Waals surface area contributed by atoms with Crippen molar-refractivity contribution in [3.8, 4) is 0 Å². The number of nitrogens with two attached hydrogens (primary N) is 1. The van der Waals surface area contributed by atoms with Crippen LogP contribution in [0.15, 0.2) is 0 Å². The Morgan fingerprint density at radius 3 is 2.89 bits per heavy atom. The minimum Gasteiger partial charge on any atom is -0.377 e. The molecular weight excluding hydrogens is 252 g/mol. The highest BCUT2D eigenvalue weighted by molar-refractivity contribution is 5.85. The number of rotatable bonds is 3. The maximum absolute atomic E-state index is 12.6. The normalized spacial score (nSPS) is 32.1. The van der Waals surface area contributed by atoms with Gasteiger partial charge in [0, 0.05) is 12.5 Å². The summed E-state index contributed by atoms with van der Waals surface area (Å²) in [6, 6.07) is 0.273. The Bertz CT molecular complexity index is 276. The van der Waals surface area contributed by atoms with Gasteiger partial charge in [-0.15, -0.1) is 12.4 Å². The number of carbonyl (C=O) groups is 1. The Morgan fingerprint density at radius 1 is 1.44 bits per heavy atom. The van der Waals surface area contributed by atoms with Crippen LogP contribution < -0.4 is 5.73 Å². The van der Waals surface area contributed by atoms with E-state index < -0.39 is 0 Å². The Labute approximate surface area is 116 Å². The van der Waals surface area contributed by atoms with Gasteiger partial charge in [0.25, 0.3) is 0 Å². The Balaban J connectivity index is 0.00000162. The Hall–Kier alpha value is -0.320. The van der Waals surface area contributed by atoms with E-state index in [0.29, 0.717) is 31.6 Å². The van der Waals surface area contributed by atoms with Crippen molar-refractivity contribution in [2.75, 3.05) is 26.3 Å². The first-order chi connectivity index (χ1) is 8.27. The second kappa shape index (κ2) is 7.31. The van der Waals surface area contributed by atoms with Gasteiger partial charge in [-0.2, -0.15) is 0 Å². The molecule has 2 fully saturated rings. The highest BCUT2D eigenvalue weighted by atomic mass is 35.5. The average Bonchev–Trinajstić information content (AvgIpc) is 2.86. The molecule has 3 atom stereocenters. The zero-order valence-corrected chi connectivity index (χ0v) is 12.0. The van der Waals surface area contributed by atoms with E-state index in [1.807, 2.05) is 4.90 Å². The van der Waals surface area contributed by atoms with Crippen molar-refractivity contribution < 1.29 is 9.53 Å². The van der Waals surface area contributed by atoms with E-state index in [-0.39, 0.29) is 24.4 Å². The lowest BCUT2D eigenvalue weighted by atomic mass is 9.93. The Kier molecular flexibility index (Phi) is 6.39. The third kappa shape index (κ3) is 3.16. The number of nitrogens with zero attached hydrogens (tertiary/aromatic N) is 1. The summed E-state index contributed by atoms with van der Waals surface area (Å²) in [5.74, 6) is 0.906. The molecule has 1 amide bonds. The van der Waals surface area contributed by atoms with Gasteiger partial charge in [0.2, 0.25) is 5.91 Å². The Morgan fingerprint density at radius 2 is 2.22 bits per heavy atom. The number of morpholine rings is 1. The first kappa shape index (κ1) is 15.7.